The number of allylic oxidation sites excluding steroid dienone is 1. The standard InChI is InChI=1S/C30H25FN4O4/c1-16(28-33-30(36)39-34-28)26-21-9-5-17(12-19(21)15-38-25-14-20(31)8-10-22(25)26)13-23-27(18-6-7-18)32-29-24(37-2)4-3-11-35(23)29/h3-5,8-12,14,18H,6-7,13,15H2,1-2H3,(H,33,34,36). The van der Waals surface area contributed by atoms with Crippen molar-refractivity contribution in [2.24, 2.45) is 0 Å². The van der Waals surface area contributed by atoms with Gasteiger partial charge in [0.1, 0.15) is 18.2 Å². The van der Waals surface area contributed by atoms with Crippen LogP contribution in [-0.4, -0.2) is 26.6 Å². The van der Waals surface area contributed by atoms with Crippen molar-refractivity contribution in [3.05, 3.63) is 111 Å². The number of nitrogens with zero attached hydrogens (tertiary/aromatic N) is 3. The van der Waals surface area contributed by atoms with Crippen molar-refractivity contribution in [2.45, 2.75) is 38.7 Å². The Morgan fingerprint density at radius 1 is 1.18 bits per heavy atom. The molecule has 196 valence electrons. The third-order valence-corrected chi connectivity index (χ3v) is 7.51. The van der Waals surface area contributed by atoms with Gasteiger partial charge in [0.15, 0.2) is 17.2 Å². The Balaban J connectivity index is 1.36. The second-order valence-corrected chi connectivity index (χ2v) is 10.0. The van der Waals surface area contributed by atoms with E-state index in [0.717, 1.165) is 57.9 Å². The second kappa shape index (κ2) is 8.97. The van der Waals surface area contributed by atoms with Gasteiger partial charge in [-0.1, -0.05) is 23.4 Å². The Bertz CT molecular complexity index is 1840. The van der Waals surface area contributed by atoms with Crippen LogP contribution >= 0.6 is 0 Å². The molecule has 1 saturated carbocycles. The number of pyridine rings is 1. The molecule has 3 aromatic heterocycles. The topological polar surface area (TPSA) is 94.6 Å². The molecule has 0 spiro atoms. The second-order valence-electron chi connectivity index (χ2n) is 10.0. The van der Waals surface area contributed by atoms with Gasteiger partial charge < -0.3 is 13.9 Å². The Hall–Kier alpha value is -4.66. The number of aromatic nitrogens is 4. The summed E-state index contributed by atoms with van der Waals surface area (Å²) in [5.74, 6) is 0.944. The molecule has 39 heavy (non-hydrogen) atoms. The molecule has 0 unspecified atom stereocenters. The molecule has 2 aromatic carbocycles. The largest absolute Gasteiger partial charge is 0.493 e. The first-order valence-corrected chi connectivity index (χ1v) is 12.9. The van der Waals surface area contributed by atoms with E-state index in [1.165, 1.54) is 12.1 Å². The number of fused-ring (bicyclic) bond motifs is 3. The van der Waals surface area contributed by atoms with E-state index in [2.05, 4.69) is 32.7 Å². The molecular weight excluding hydrogens is 499 g/mol. The number of ether oxygens (including phenoxy) is 2. The summed E-state index contributed by atoms with van der Waals surface area (Å²) in [6, 6.07) is 14.7. The first-order chi connectivity index (χ1) is 19.0. The van der Waals surface area contributed by atoms with Gasteiger partial charge in [-0.05, 0) is 66.3 Å². The first kappa shape index (κ1) is 23.5. The fourth-order valence-corrected chi connectivity index (χ4v) is 5.48. The smallest absolute Gasteiger partial charge is 0.439 e. The average molecular weight is 525 g/mol. The van der Waals surface area contributed by atoms with Crippen LogP contribution in [0.5, 0.6) is 11.5 Å². The fraction of sp³-hybridized carbons (Fsp3) is 0.233. The molecule has 9 heteroatoms. The van der Waals surface area contributed by atoms with Crippen LogP contribution in [0.4, 0.5) is 4.39 Å². The van der Waals surface area contributed by atoms with E-state index in [9.17, 15) is 9.18 Å². The fourth-order valence-electron chi connectivity index (χ4n) is 5.48. The van der Waals surface area contributed by atoms with Gasteiger partial charge in [0.25, 0.3) is 0 Å². The number of H-pyrrole nitrogens is 1. The maximum absolute atomic E-state index is 14.2. The van der Waals surface area contributed by atoms with Crippen LogP contribution in [-0.2, 0) is 13.0 Å². The first-order valence-electron chi connectivity index (χ1n) is 12.9. The predicted molar refractivity (Wildman–Crippen MR) is 142 cm³/mol. The zero-order valence-electron chi connectivity index (χ0n) is 21.5. The summed E-state index contributed by atoms with van der Waals surface area (Å²) >= 11 is 0. The lowest BCUT2D eigenvalue weighted by Gasteiger charge is -2.14. The van der Waals surface area contributed by atoms with Crippen molar-refractivity contribution in [2.75, 3.05) is 7.11 Å². The molecule has 0 amide bonds. The van der Waals surface area contributed by atoms with Crippen molar-refractivity contribution in [1.82, 2.24) is 19.5 Å². The van der Waals surface area contributed by atoms with Crippen LogP contribution in [0.1, 0.15) is 65.1 Å². The van der Waals surface area contributed by atoms with E-state index in [1.54, 1.807) is 13.2 Å². The van der Waals surface area contributed by atoms with Crippen molar-refractivity contribution in [3.63, 3.8) is 0 Å². The number of hydrogen-bond donors (Lipinski definition) is 1. The molecule has 0 bridgehead atoms. The third-order valence-electron chi connectivity index (χ3n) is 7.51. The molecule has 0 atom stereocenters. The minimum absolute atomic E-state index is 0.266. The molecule has 5 aromatic rings. The Morgan fingerprint density at radius 2 is 2.03 bits per heavy atom. The number of rotatable bonds is 5. The summed E-state index contributed by atoms with van der Waals surface area (Å²) in [4.78, 5) is 19.3. The molecular formula is C30H25FN4O4. The van der Waals surface area contributed by atoms with E-state index in [0.29, 0.717) is 35.0 Å². The van der Waals surface area contributed by atoms with Crippen LogP contribution < -0.4 is 15.2 Å². The molecule has 8 nitrogen and oxygen atoms in total. The maximum Gasteiger partial charge on any atom is 0.439 e. The molecule has 1 N–H and O–H groups in total. The summed E-state index contributed by atoms with van der Waals surface area (Å²) in [6.07, 6.45) is 5.00. The molecule has 1 aliphatic carbocycles. The Kier molecular flexibility index (Phi) is 5.40. The number of nitrogens with one attached hydrogen (secondary N) is 1. The minimum Gasteiger partial charge on any atom is -0.493 e. The highest BCUT2D eigenvalue weighted by Gasteiger charge is 2.31. The highest BCUT2D eigenvalue weighted by Crippen LogP contribution is 2.44. The maximum atomic E-state index is 14.2. The van der Waals surface area contributed by atoms with Gasteiger partial charge in [0, 0.05) is 35.7 Å². The number of benzene rings is 2. The van der Waals surface area contributed by atoms with Gasteiger partial charge in [-0.25, -0.2) is 14.2 Å². The molecule has 7 rings (SSSR count). The van der Waals surface area contributed by atoms with Crippen LogP contribution in [0, 0.1) is 5.82 Å². The van der Waals surface area contributed by atoms with Crippen LogP contribution in [0.3, 0.4) is 0 Å². The summed E-state index contributed by atoms with van der Waals surface area (Å²) in [5.41, 5.74) is 8.29. The predicted octanol–water partition coefficient (Wildman–Crippen LogP) is 5.50. The highest BCUT2D eigenvalue weighted by atomic mass is 19.1. The zero-order chi connectivity index (χ0) is 26.7. The van der Waals surface area contributed by atoms with Crippen LogP contribution in [0.15, 0.2) is 64.0 Å². The number of aromatic amines is 1. The Morgan fingerprint density at radius 3 is 2.79 bits per heavy atom. The molecule has 1 fully saturated rings. The van der Waals surface area contributed by atoms with Crippen molar-refractivity contribution in [3.8, 4) is 11.5 Å². The lowest BCUT2D eigenvalue weighted by Crippen LogP contribution is -2.02. The van der Waals surface area contributed by atoms with Gasteiger partial charge in [-0.3, -0.25) is 9.51 Å². The van der Waals surface area contributed by atoms with Crippen molar-refractivity contribution in [1.29, 1.82) is 0 Å². The van der Waals surface area contributed by atoms with Gasteiger partial charge >= 0.3 is 5.76 Å². The number of imidazole rings is 1. The summed E-state index contributed by atoms with van der Waals surface area (Å²) in [7, 11) is 1.67. The quantitative estimate of drug-likeness (QED) is 0.326. The summed E-state index contributed by atoms with van der Waals surface area (Å²) in [5, 5.41) is 3.89. The van der Waals surface area contributed by atoms with Crippen molar-refractivity contribution < 1.29 is 18.4 Å². The third kappa shape index (κ3) is 4.01. The highest BCUT2D eigenvalue weighted by molar-refractivity contribution is 5.99. The lowest BCUT2D eigenvalue weighted by molar-refractivity contribution is 0.305. The zero-order valence-corrected chi connectivity index (χ0v) is 21.5. The van der Waals surface area contributed by atoms with E-state index in [-0.39, 0.29) is 12.4 Å². The number of halogens is 1. The normalized spacial score (nSPS) is 15.9. The van der Waals surface area contributed by atoms with Gasteiger partial charge in [0.05, 0.1) is 18.5 Å². The number of hydrogen-bond acceptors (Lipinski definition) is 6. The van der Waals surface area contributed by atoms with Gasteiger partial charge in [-0.15, -0.1) is 0 Å². The van der Waals surface area contributed by atoms with Crippen LogP contribution in [0.2, 0.25) is 0 Å². The summed E-state index contributed by atoms with van der Waals surface area (Å²) < 4.78 is 32.8. The van der Waals surface area contributed by atoms with E-state index >= 15 is 0 Å². The molecule has 0 radical (unpaired) electrons. The van der Waals surface area contributed by atoms with Crippen molar-refractivity contribution >= 4 is 16.8 Å². The molecule has 2 aliphatic rings. The van der Waals surface area contributed by atoms with E-state index < -0.39 is 5.76 Å². The molecule has 0 saturated heterocycles. The van der Waals surface area contributed by atoms with Gasteiger partial charge in [-0.2, -0.15) is 0 Å². The SMILES string of the molecule is COc1cccn2c(Cc3ccc4c(c3)COc3cc(F)ccc3C4=C(C)c3noc(=O)[nH]3)c(C3CC3)nc12. The molecule has 4 heterocycles. The minimum atomic E-state index is -0.638. The Labute approximate surface area is 222 Å². The van der Waals surface area contributed by atoms with E-state index in [4.69, 9.17) is 19.0 Å². The number of methoxy groups -OCH3 is 1. The van der Waals surface area contributed by atoms with E-state index in [1.807, 2.05) is 25.3 Å². The van der Waals surface area contributed by atoms with Gasteiger partial charge in [0.2, 0.25) is 0 Å². The average Bonchev–Trinajstić information content (AvgIpc) is 3.63. The molecule has 1 aliphatic heterocycles. The summed E-state index contributed by atoms with van der Waals surface area (Å²) in [6.45, 7) is 2.12. The lowest BCUT2D eigenvalue weighted by atomic mass is 9.89. The van der Waals surface area contributed by atoms with Crippen LogP contribution in [0.25, 0.3) is 16.8 Å². The monoisotopic (exact) mass is 524 g/mol.